The van der Waals surface area contributed by atoms with E-state index >= 15 is 0 Å². The number of hydrogen-bond donors (Lipinski definition) is 0. The second-order valence-corrected chi connectivity index (χ2v) is 8.33. The minimum atomic E-state index is -2.83. The molecule has 0 aliphatic rings. The number of para-hydroxylation sites is 2. The van der Waals surface area contributed by atoms with Crippen LogP contribution in [0.2, 0.25) is 0 Å². The van der Waals surface area contributed by atoms with E-state index in [4.69, 9.17) is 18.1 Å². The topological polar surface area (TPSA) is 71.1 Å². The molecular weight excluding hydrogens is 446 g/mol. The van der Waals surface area contributed by atoms with Crippen molar-refractivity contribution in [3.63, 3.8) is 0 Å². The molecule has 3 rings (SSSR count). The molecule has 8 heteroatoms. The maximum atomic E-state index is 12.3. The van der Waals surface area contributed by atoms with Crippen LogP contribution in [0.3, 0.4) is 0 Å². The Morgan fingerprint density at radius 1 is 0.750 bits per heavy atom. The van der Waals surface area contributed by atoms with Gasteiger partial charge in [-0.1, -0.05) is 54.6 Å². The van der Waals surface area contributed by atoms with Crippen LogP contribution in [-0.4, -0.2) is 0 Å². The fourth-order valence-corrected chi connectivity index (χ4v) is 4.29. The molecule has 0 saturated carbocycles. The van der Waals surface area contributed by atoms with Crippen molar-refractivity contribution in [3.8, 4) is 23.0 Å². The maximum absolute atomic E-state index is 12.3. The molecule has 3 aromatic rings. The van der Waals surface area contributed by atoms with Crippen molar-refractivity contribution in [2.24, 2.45) is 0 Å². The summed E-state index contributed by atoms with van der Waals surface area (Å²) in [4.78, 5) is 0. The van der Waals surface area contributed by atoms with Gasteiger partial charge in [0.15, 0.2) is 0 Å². The maximum Gasteiger partial charge on any atom is 0.418 e. The van der Waals surface area contributed by atoms with Gasteiger partial charge >= 0.3 is 16.5 Å². The van der Waals surface area contributed by atoms with Crippen molar-refractivity contribution < 1.29 is 27.2 Å². The number of hydrogen-bond acceptors (Lipinski definition) is 6. The Morgan fingerprint density at radius 2 is 1.28 bits per heavy atom. The molecule has 0 aliphatic heterocycles. The van der Waals surface area contributed by atoms with Gasteiger partial charge in [-0.15, -0.1) is 6.58 Å². The van der Waals surface area contributed by atoms with Crippen LogP contribution in [0.25, 0.3) is 6.08 Å². The summed E-state index contributed by atoms with van der Waals surface area (Å²) in [6, 6.07) is 20.7. The van der Waals surface area contributed by atoms with Crippen molar-refractivity contribution in [1.29, 1.82) is 0 Å². The van der Waals surface area contributed by atoms with Gasteiger partial charge in [0.1, 0.15) is 23.0 Å². The highest BCUT2D eigenvalue weighted by Gasteiger charge is 2.10. The molecule has 0 fully saturated rings. The second kappa shape index (κ2) is 12.0. The largest absolute Gasteiger partial charge is 0.418 e. The fourth-order valence-electron chi connectivity index (χ4n) is 2.81. The lowest BCUT2D eigenvalue weighted by Crippen LogP contribution is -1.93. The molecule has 0 bridgehead atoms. The van der Waals surface area contributed by atoms with Gasteiger partial charge in [-0.3, -0.25) is 0 Å². The predicted molar refractivity (Wildman–Crippen MR) is 128 cm³/mol. The quantitative estimate of drug-likeness (QED) is 0.219. The first-order chi connectivity index (χ1) is 15.6. The first-order valence-corrected chi connectivity index (χ1v) is 12.3. The number of allylic oxidation sites excluding steroid dienone is 2. The normalized spacial score (nSPS) is 12.7. The zero-order valence-electron chi connectivity index (χ0n) is 17.5. The summed E-state index contributed by atoms with van der Waals surface area (Å²) in [5, 5.41) is 0. The van der Waals surface area contributed by atoms with Gasteiger partial charge in [-0.05, 0) is 55.3 Å². The van der Waals surface area contributed by atoms with Crippen molar-refractivity contribution in [2.75, 3.05) is 0 Å². The van der Waals surface area contributed by atoms with Crippen LogP contribution in [0.5, 0.6) is 23.0 Å². The molecule has 2 atom stereocenters. The Bertz CT molecular complexity index is 1130. The smallest absolute Gasteiger partial charge is 0.418 e. The molecule has 0 spiro atoms. The first-order valence-electron chi connectivity index (χ1n) is 9.89. The third-order valence-corrected chi connectivity index (χ3v) is 5.79. The van der Waals surface area contributed by atoms with Gasteiger partial charge in [-0.2, -0.15) is 0 Å². The standard InChI is InChI=1S/C24H24O6P2/c1-3-9-19-11-5-7-13-23(19)29-31(25)27-21-15-17-22(18-16-21)28-32(26)30-24-14-8-6-12-20(24)10-4-2/h3-8,10-18,31-32H,1,9H2,2H3. The Balaban J connectivity index is 1.56. The van der Waals surface area contributed by atoms with E-state index < -0.39 is 16.5 Å². The summed E-state index contributed by atoms with van der Waals surface area (Å²) in [5.41, 5.74) is 1.68. The molecule has 0 heterocycles. The third kappa shape index (κ3) is 6.91. The number of benzene rings is 3. The highest BCUT2D eigenvalue weighted by atomic mass is 31.1. The lowest BCUT2D eigenvalue weighted by atomic mass is 10.1. The van der Waals surface area contributed by atoms with Gasteiger partial charge in [0.2, 0.25) is 0 Å². The van der Waals surface area contributed by atoms with Gasteiger partial charge in [-0.25, -0.2) is 9.13 Å². The molecule has 0 N–H and O–H groups in total. The van der Waals surface area contributed by atoms with Crippen LogP contribution in [0.1, 0.15) is 18.1 Å². The Kier molecular flexibility index (Phi) is 8.79. The van der Waals surface area contributed by atoms with E-state index in [0.29, 0.717) is 29.4 Å². The number of rotatable bonds is 11. The molecule has 0 radical (unpaired) electrons. The summed E-state index contributed by atoms with van der Waals surface area (Å²) in [5.74, 6) is 1.63. The summed E-state index contributed by atoms with van der Waals surface area (Å²) < 4.78 is 46.3. The SMILES string of the molecule is C=CCc1ccccc1O[PH](=O)Oc1ccc(O[PH](=O)Oc2ccccc2C=CC)cc1. The third-order valence-electron chi connectivity index (χ3n) is 4.21. The van der Waals surface area contributed by atoms with E-state index in [2.05, 4.69) is 6.58 Å². The lowest BCUT2D eigenvalue weighted by Gasteiger charge is -2.12. The molecule has 32 heavy (non-hydrogen) atoms. The second-order valence-electron chi connectivity index (χ2n) is 6.52. The van der Waals surface area contributed by atoms with Crippen LogP contribution in [-0.2, 0) is 15.6 Å². The fraction of sp³-hybridized carbons (Fsp3) is 0.0833. The average molecular weight is 470 g/mol. The van der Waals surface area contributed by atoms with E-state index in [0.717, 1.165) is 11.1 Å². The van der Waals surface area contributed by atoms with Crippen LogP contribution in [0.4, 0.5) is 0 Å². The van der Waals surface area contributed by atoms with E-state index in [1.54, 1.807) is 54.6 Å². The zero-order chi connectivity index (χ0) is 22.8. The zero-order valence-corrected chi connectivity index (χ0v) is 19.5. The minimum Gasteiger partial charge on any atom is -0.418 e. The summed E-state index contributed by atoms with van der Waals surface area (Å²) >= 11 is 0. The molecule has 0 aromatic heterocycles. The molecular formula is C24H24O6P2. The molecule has 0 aliphatic carbocycles. The van der Waals surface area contributed by atoms with Crippen LogP contribution in [0.15, 0.2) is 91.5 Å². The lowest BCUT2D eigenvalue weighted by molar-refractivity contribution is 0.409. The van der Waals surface area contributed by atoms with Gasteiger partial charge in [0, 0.05) is 5.56 Å². The Morgan fingerprint density at radius 3 is 1.88 bits per heavy atom. The first kappa shape index (κ1) is 23.5. The predicted octanol–water partition coefficient (Wildman–Crippen LogP) is 7.14. The van der Waals surface area contributed by atoms with Crippen LogP contribution in [0, 0.1) is 0 Å². The van der Waals surface area contributed by atoms with Crippen molar-refractivity contribution in [2.45, 2.75) is 13.3 Å². The Labute approximate surface area is 189 Å². The van der Waals surface area contributed by atoms with E-state index in [1.165, 1.54) is 0 Å². The van der Waals surface area contributed by atoms with E-state index in [-0.39, 0.29) is 0 Å². The summed E-state index contributed by atoms with van der Waals surface area (Å²) in [7, 11) is -5.66. The highest BCUT2D eigenvalue weighted by Crippen LogP contribution is 2.36. The van der Waals surface area contributed by atoms with Crippen LogP contribution < -0.4 is 18.1 Å². The molecule has 2 unspecified atom stereocenters. The van der Waals surface area contributed by atoms with Crippen LogP contribution >= 0.6 is 16.5 Å². The summed E-state index contributed by atoms with van der Waals surface area (Å²) in [6.45, 7) is 5.60. The molecule has 6 nitrogen and oxygen atoms in total. The van der Waals surface area contributed by atoms with Gasteiger partial charge in [0.05, 0.1) is 0 Å². The minimum absolute atomic E-state index is 0.335. The molecule has 0 saturated heterocycles. The molecule has 0 amide bonds. The van der Waals surface area contributed by atoms with Crippen molar-refractivity contribution in [3.05, 3.63) is 103 Å². The molecule has 3 aromatic carbocycles. The van der Waals surface area contributed by atoms with Gasteiger partial charge < -0.3 is 18.1 Å². The van der Waals surface area contributed by atoms with E-state index in [9.17, 15) is 9.13 Å². The highest BCUT2D eigenvalue weighted by molar-refractivity contribution is 7.34. The summed E-state index contributed by atoms with van der Waals surface area (Å²) in [6.07, 6.45) is 6.06. The average Bonchev–Trinajstić information content (AvgIpc) is 2.78. The molecule has 166 valence electrons. The van der Waals surface area contributed by atoms with Crippen molar-refractivity contribution >= 4 is 22.6 Å². The monoisotopic (exact) mass is 470 g/mol. The van der Waals surface area contributed by atoms with Gasteiger partial charge in [0.25, 0.3) is 0 Å². The Hall–Kier alpha value is -3.20. The van der Waals surface area contributed by atoms with Crippen molar-refractivity contribution in [1.82, 2.24) is 0 Å². The van der Waals surface area contributed by atoms with E-state index in [1.807, 2.05) is 43.3 Å².